The van der Waals surface area contributed by atoms with Crippen molar-refractivity contribution in [2.45, 2.75) is 33.2 Å². The molecule has 0 bridgehead atoms. The fourth-order valence-corrected chi connectivity index (χ4v) is 2.07. The topological polar surface area (TPSA) is 64.0 Å². The van der Waals surface area contributed by atoms with E-state index in [-0.39, 0.29) is 17.7 Å². The highest BCUT2D eigenvalue weighted by Crippen LogP contribution is 2.14. The van der Waals surface area contributed by atoms with Crippen LogP contribution in [0.2, 0.25) is 0 Å². The minimum Gasteiger partial charge on any atom is -0.326 e. The molecular weight excluding hydrogens is 266 g/mol. The van der Waals surface area contributed by atoms with Crippen LogP contribution < -0.4 is 5.32 Å². The lowest BCUT2D eigenvalue weighted by atomic mass is 10.1. The van der Waals surface area contributed by atoms with E-state index in [1.807, 2.05) is 26.1 Å². The van der Waals surface area contributed by atoms with E-state index in [9.17, 15) is 9.59 Å². The molecule has 0 aliphatic heterocycles. The summed E-state index contributed by atoms with van der Waals surface area (Å²) in [5, 5.41) is 7.11. The van der Waals surface area contributed by atoms with E-state index in [4.69, 9.17) is 0 Å². The summed E-state index contributed by atoms with van der Waals surface area (Å²) in [4.78, 5) is 23.4. The summed E-state index contributed by atoms with van der Waals surface area (Å²) >= 11 is 0. The summed E-state index contributed by atoms with van der Waals surface area (Å²) in [5.41, 5.74) is 2.15. The summed E-state index contributed by atoms with van der Waals surface area (Å²) in [6.07, 6.45) is 2.19. The molecule has 2 rings (SSSR count). The first-order chi connectivity index (χ1) is 9.95. The Bertz CT molecular complexity index is 661. The van der Waals surface area contributed by atoms with Crippen LogP contribution in [0, 0.1) is 6.92 Å². The van der Waals surface area contributed by atoms with Crippen LogP contribution in [0.25, 0.3) is 0 Å². The van der Waals surface area contributed by atoms with Gasteiger partial charge in [-0.3, -0.25) is 14.3 Å². The van der Waals surface area contributed by atoms with Crippen LogP contribution in [0.15, 0.2) is 36.5 Å². The van der Waals surface area contributed by atoms with Crippen molar-refractivity contribution in [3.8, 4) is 0 Å². The quantitative estimate of drug-likeness (QED) is 0.859. The van der Waals surface area contributed by atoms with Crippen molar-refractivity contribution in [1.82, 2.24) is 9.78 Å². The molecule has 0 fully saturated rings. The summed E-state index contributed by atoms with van der Waals surface area (Å²) in [6.45, 7) is 5.36. The smallest absolute Gasteiger partial charge is 0.226 e. The Balaban J connectivity index is 1.98. The zero-order chi connectivity index (χ0) is 15.4. The fourth-order valence-electron chi connectivity index (χ4n) is 2.07. The van der Waals surface area contributed by atoms with Crippen molar-refractivity contribution >= 4 is 17.4 Å². The number of ketones is 1. The number of benzene rings is 1. The number of hydrogen-bond donors (Lipinski definition) is 1. The highest BCUT2D eigenvalue weighted by Gasteiger charge is 2.12. The van der Waals surface area contributed by atoms with Crippen LogP contribution in [0.3, 0.4) is 0 Å². The molecule has 1 N–H and O–H groups in total. The van der Waals surface area contributed by atoms with Crippen molar-refractivity contribution in [2.75, 3.05) is 5.32 Å². The second-order valence-corrected chi connectivity index (χ2v) is 5.18. The Kier molecular flexibility index (Phi) is 4.52. The fraction of sp³-hybridized carbons (Fsp3) is 0.312. The van der Waals surface area contributed by atoms with Gasteiger partial charge >= 0.3 is 0 Å². The minimum absolute atomic E-state index is 0.0188. The maximum absolute atomic E-state index is 12.0. The van der Waals surface area contributed by atoms with Crippen molar-refractivity contribution in [3.63, 3.8) is 0 Å². The molecule has 0 saturated carbocycles. The standard InChI is InChI=1S/C16H19N3O2/c1-11-7-8-19(18-11)12(2)9-16(21)17-15-6-4-5-14(10-15)13(3)20/h4-8,10,12H,9H2,1-3H3,(H,17,21)/t12-/m0/s1. The molecule has 5 nitrogen and oxygen atoms in total. The molecule has 1 amide bonds. The van der Waals surface area contributed by atoms with Gasteiger partial charge in [-0.2, -0.15) is 5.10 Å². The van der Waals surface area contributed by atoms with Crippen molar-refractivity contribution < 1.29 is 9.59 Å². The number of aromatic nitrogens is 2. The molecule has 0 saturated heterocycles. The predicted octanol–water partition coefficient (Wildman–Crippen LogP) is 2.98. The molecule has 1 heterocycles. The number of rotatable bonds is 5. The van der Waals surface area contributed by atoms with Gasteiger partial charge in [0, 0.05) is 23.9 Å². The summed E-state index contributed by atoms with van der Waals surface area (Å²) in [5.74, 6) is -0.122. The van der Waals surface area contributed by atoms with Crippen LogP contribution in [-0.4, -0.2) is 21.5 Å². The minimum atomic E-state index is -0.101. The third kappa shape index (κ3) is 4.02. The van der Waals surface area contributed by atoms with Gasteiger partial charge in [-0.15, -0.1) is 0 Å². The van der Waals surface area contributed by atoms with Gasteiger partial charge in [-0.25, -0.2) is 0 Å². The lowest BCUT2D eigenvalue weighted by Gasteiger charge is -2.12. The second-order valence-electron chi connectivity index (χ2n) is 5.18. The molecule has 0 aliphatic carbocycles. The molecule has 0 aliphatic rings. The van der Waals surface area contributed by atoms with E-state index in [2.05, 4.69) is 10.4 Å². The van der Waals surface area contributed by atoms with Gasteiger partial charge in [0.15, 0.2) is 5.78 Å². The van der Waals surface area contributed by atoms with Gasteiger partial charge in [0.25, 0.3) is 0 Å². The maximum Gasteiger partial charge on any atom is 0.226 e. The van der Waals surface area contributed by atoms with Gasteiger partial charge in [-0.05, 0) is 39.0 Å². The average Bonchev–Trinajstić information content (AvgIpc) is 2.85. The molecule has 110 valence electrons. The Morgan fingerprint density at radius 3 is 2.71 bits per heavy atom. The van der Waals surface area contributed by atoms with Crippen LogP contribution in [-0.2, 0) is 4.79 Å². The SMILES string of the molecule is CC(=O)c1cccc(NC(=O)C[C@H](C)n2ccc(C)n2)c1. The summed E-state index contributed by atoms with van der Waals surface area (Å²) in [7, 11) is 0. The molecule has 2 aromatic rings. The Morgan fingerprint density at radius 1 is 1.33 bits per heavy atom. The monoisotopic (exact) mass is 285 g/mol. The number of hydrogen-bond acceptors (Lipinski definition) is 3. The number of carbonyl (C=O) groups excluding carboxylic acids is 2. The molecule has 0 spiro atoms. The van der Waals surface area contributed by atoms with E-state index in [1.165, 1.54) is 6.92 Å². The van der Waals surface area contributed by atoms with Gasteiger partial charge in [0.05, 0.1) is 11.7 Å². The van der Waals surface area contributed by atoms with Crippen LogP contribution in [0.4, 0.5) is 5.69 Å². The van der Waals surface area contributed by atoms with Crippen molar-refractivity contribution in [1.29, 1.82) is 0 Å². The number of nitrogens with one attached hydrogen (secondary N) is 1. The van der Waals surface area contributed by atoms with E-state index < -0.39 is 0 Å². The normalized spacial score (nSPS) is 12.0. The van der Waals surface area contributed by atoms with Gasteiger partial charge < -0.3 is 5.32 Å². The van der Waals surface area contributed by atoms with Crippen LogP contribution >= 0.6 is 0 Å². The first-order valence-electron chi connectivity index (χ1n) is 6.88. The Morgan fingerprint density at radius 2 is 2.10 bits per heavy atom. The molecule has 5 heteroatoms. The second kappa shape index (κ2) is 6.35. The van der Waals surface area contributed by atoms with E-state index in [0.717, 1.165) is 5.69 Å². The molecule has 1 aromatic carbocycles. The lowest BCUT2D eigenvalue weighted by Crippen LogP contribution is -2.18. The average molecular weight is 285 g/mol. The van der Waals surface area contributed by atoms with E-state index in [0.29, 0.717) is 17.7 Å². The van der Waals surface area contributed by atoms with Crippen molar-refractivity contribution in [2.24, 2.45) is 0 Å². The molecular formula is C16H19N3O2. The molecule has 21 heavy (non-hydrogen) atoms. The highest BCUT2D eigenvalue weighted by atomic mass is 16.1. The number of anilines is 1. The zero-order valence-electron chi connectivity index (χ0n) is 12.5. The predicted molar refractivity (Wildman–Crippen MR) is 81.4 cm³/mol. The number of carbonyl (C=O) groups is 2. The summed E-state index contributed by atoms with van der Waals surface area (Å²) in [6, 6.07) is 8.83. The zero-order valence-corrected chi connectivity index (χ0v) is 12.5. The number of aryl methyl sites for hydroxylation is 1. The largest absolute Gasteiger partial charge is 0.326 e. The number of nitrogens with zero attached hydrogens (tertiary/aromatic N) is 2. The maximum atomic E-state index is 12.0. The molecule has 0 unspecified atom stereocenters. The third-order valence-corrected chi connectivity index (χ3v) is 3.23. The third-order valence-electron chi connectivity index (χ3n) is 3.23. The molecule has 1 atom stereocenters. The van der Waals surface area contributed by atoms with Gasteiger partial charge in [0.1, 0.15) is 0 Å². The van der Waals surface area contributed by atoms with Gasteiger partial charge in [0.2, 0.25) is 5.91 Å². The number of Topliss-reactive ketones (excluding diaryl/α,β-unsaturated/α-hetero) is 1. The molecule has 0 radical (unpaired) electrons. The first kappa shape index (κ1) is 15.0. The van der Waals surface area contributed by atoms with E-state index in [1.54, 1.807) is 28.9 Å². The Hall–Kier alpha value is -2.43. The number of amides is 1. The van der Waals surface area contributed by atoms with E-state index >= 15 is 0 Å². The van der Waals surface area contributed by atoms with Gasteiger partial charge in [-0.1, -0.05) is 12.1 Å². The van der Waals surface area contributed by atoms with Crippen LogP contribution in [0.1, 0.15) is 42.4 Å². The Labute approximate surface area is 124 Å². The lowest BCUT2D eigenvalue weighted by molar-refractivity contribution is -0.116. The van der Waals surface area contributed by atoms with Crippen molar-refractivity contribution in [3.05, 3.63) is 47.8 Å². The first-order valence-corrected chi connectivity index (χ1v) is 6.88. The highest BCUT2D eigenvalue weighted by molar-refractivity contribution is 5.97. The molecule has 1 aromatic heterocycles. The summed E-state index contributed by atoms with van der Waals surface area (Å²) < 4.78 is 1.78. The van der Waals surface area contributed by atoms with Crippen LogP contribution in [0.5, 0.6) is 0 Å².